The van der Waals surface area contributed by atoms with Crippen molar-refractivity contribution in [3.63, 3.8) is 0 Å². The first-order valence-electron chi connectivity index (χ1n) is 14.4. The van der Waals surface area contributed by atoms with Crippen molar-refractivity contribution in [3.05, 3.63) is 64.2 Å². The minimum absolute atomic E-state index is 0.0513. The van der Waals surface area contributed by atoms with Gasteiger partial charge in [0.2, 0.25) is 11.7 Å². The summed E-state index contributed by atoms with van der Waals surface area (Å²) in [4.78, 5) is 43.3. The third-order valence-corrected chi connectivity index (χ3v) is 8.96. The van der Waals surface area contributed by atoms with Gasteiger partial charge in [0.1, 0.15) is 11.5 Å². The van der Waals surface area contributed by atoms with Crippen LogP contribution in [-0.2, 0) is 33.9 Å². The predicted molar refractivity (Wildman–Crippen MR) is 162 cm³/mol. The SMILES string of the molecule is CC(C(N)=O)C(=O)[C@@]1(O)C(=O)C2=C(O)c3c(O)c(CNCc4ccccc4)cc(N(C)C)c3C[C@H]2C[C@H]1[C@@H](CO)N(C)C. The third-order valence-electron chi connectivity index (χ3n) is 8.96. The van der Waals surface area contributed by atoms with Crippen LogP contribution in [0, 0.1) is 17.8 Å². The van der Waals surface area contributed by atoms with Crippen LogP contribution in [-0.4, -0.2) is 89.2 Å². The predicted octanol–water partition coefficient (Wildman–Crippen LogP) is 1.12. The molecule has 7 N–H and O–H groups in total. The zero-order chi connectivity index (χ0) is 31.8. The summed E-state index contributed by atoms with van der Waals surface area (Å²) in [6, 6.07) is 10.8. The van der Waals surface area contributed by atoms with E-state index in [0.717, 1.165) is 11.3 Å². The monoisotopic (exact) mass is 594 g/mol. The first kappa shape index (κ1) is 32.2. The average molecular weight is 595 g/mol. The van der Waals surface area contributed by atoms with Crippen molar-refractivity contribution in [2.24, 2.45) is 23.5 Å². The summed E-state index contributed by atoms with van der Waals surface area (Å²) in [7, 11) is 7.00. The van der Waals surface area contributed by atoms with E-state index in [9.17, 15) is 34.8 Å². The Hall–Kier alpha value is -3.77. The molecule has 11 heteroatoms. The van der Waals surface area contributed by atoms with E-state index in [2.05, 4.69) is 5.32 Å². The van der Waals surface area contributed by atoms with Crippen LogP contribution in [0.4, 0.5) is 5.69 Å². The van der Waals surface area contributed by atoms with Gasteiger partial charge in [0.15, 0.2) is 11.4 Å². The van der Waals surface area contributed by atoms with Crippen LogP contribution in [0.5, 0.6) is 5.75 Å². The van der Waals surface area contributed by atoms with E-state index in [-0.39, 0.29) is 36.3 Å². The zero-order valence-electron chi connectivity index (χ0n) is 25.3. The number of carbonyl (C=O) groups excluding carboxylic acids is 3. The summed E-state index contributed by atoms with van der Waals surface area (Å²) in [6.45, 7) is 1.55. The topological polar surface area (TPSA) is 177 Å². The fraction of sp³-hybridized carbons (Fsp3) is 0.469. The Balaban J connectivity index is 1.84. The third kappa shape index (κ3) is 5.65. The molecule has 1 unspecified atom stereocenters. The molecule has 1 amide bonds. The molecule has 2 aromatic carbocycles. The molecule has 0 heterocycles. The molecule has 0 aromatic heterocycles. The number of rotatable bonds is 11. The Morgan fingerprint density at radius 2 is 1.77 bits per heavy atom. The number of nitrogens with one attached hydrogen (secondary N) is 1. The number of nitrogens with zero attached hydrogens (tertiary/aromatic N) is 2. The Morgan fingerprint density at radius 3 is 2.33 bits per heavy atom. The number of aliphatic hydroxyl groups excluding tert-OH is 2. The van der Waals surface area contributed by atoms with Gasteiger partial charge >= 0.3 is 0 Å². The second-order valence-electron chi connectivity index (χ2n) is 12.0. The molecule has 5 atom stereocenters. The minimum atomic E-state index is -2.74. The van der Waals surface area contributed by atoms with Gasteiger partial charge in [-0.3, -0.25) is 14.4 Å². The smallest absolute Gasteiger partial charge is 0.227 e. The Morgan fingerprint density at radius 1 is 1.12 bits per heavy atom. The molecule has 0 aliphatic heterocycles. The Labute approximate surface area is 251 Å². The van der Waals surface area contributed by atoms with E-state index in [1.807, 2.05) is 55.4 Å². The molecule has 2 aliphatic rings. The van der Waals surface area contributed by atoms with E-state index in [0.29, 0.717) is 17.7 Å². The van der Waals surface area contributed by atoms with E-state index in [4.69, 9.17) is 5.73 Å². The molecule has 232 valence electrons. The Kier molecular flexibility index (Phi) is 9.31. The lowest BCUT2D eigenvalue weighted by Gasteiger charge is -2.48. The summed E-state index contributed by atoms with van der Waals surface area (Å²) in [5.41, 5.74) is 5.46. The molecule has 0 bridgehead atoms. The number of phenols is 1. The fourth-order valence-corrected chi connectivity index (χ4v) is 6.55. The number of ketones is 2. The maximum atomic E-state index is 14.2. The molecule has 1 saturated carbocycles. The normalized spacial score (nSPS) is 23.0. The molecular weight excluding hydrogens is 552 g/mol. The number of fused-ring (bicyclic) bond motifs is 2. The maximum Gasteiger partial charge on any atom is 0.227 e. The molecule has 11 nitrogen and oxygen atoms in total. The number of primary amides is 1. The zero-order valence-corrected chi connectivity index (χ0v) is 25.3. The van der Waals surface area contributed by atoms with Gasteiger partial charge in [-0.25, -0.2) is 0 Å². The number of aromatic hydroxyl groups is 1. The van der Waals surface area contributed by atoms with Crippen LogP contribution in [0.3, 0.4) is 0 Å². The molecule has 0 radical (unpaired) electrons. The van der Waals surface area contributed by atoms with Gasteiger partial charge in [-0.05, 0) is 57.0 Å². The van der Waals surface area contributed by atoms with Gasteiger partial charge in [-0.15, -0.1) is 0 Å². The first-order chi connectivity index (χ1) is 20.2. The van der Waals surface area contributed by atoms with Crippen LogP contribution in [0.1, 0.15) is 35.6 Å². The van der Waals surface area contributed by atoms with E-state index in [1.165, 1.54) is 6.92 Å². The van der Waals surface area contributed by atoms with E-state index < -0.39 is 59.2 Å². The van der Waals surface area contributed by atoms with Gasteiger partial charge in [0.25, 0.3) is 0 Å². The number of hydrogen-bond acceptors (Lipinski definition) is 10. The summed E-state index contributed by atoms with van der Waals surface area (Å²) in [5.74, 6) is -7.09. The van der Waals surface area contributed by atoms with Crippen LogP contribution in [0.25, 0.3) is 5.76 Å². The first-order valence-corrected chi connectivity index (χ1v) is 14.4. The highest BCUT2D eigenvalue weighted by atomic mass is 16.3. The fourth-order valence-electron chi connectivity index (χ4n) is 6.55. The van der Waals surface area contributed by atoms with Crippen molar-refractivity contribution in [3.8, 4) is 5.75 Å². The number of carbonyl (C=O) groups is 3. The summed E-state index contributed by atoms with van der Waals surface area (Å²) >= 11 is 0. The number of hydrogen-bond donors (Lipinski definition) is 6. The number of anilines is 1. The number of Topliss-reactive ketones (excluding diaryl/α,β-unsaturated/α-hetero) is 2. The molecule has 43 heavy (non-hydrogen) atoms. The van der Waals surface area contributed by atoms with Crippen molar-refractivity contribution in [2.75, 3.05) is 39.7 Å². The van der Waals surface area contributed by atoms with Gasteiger partial charge in [0, 0.05) is 56.0 Å². The van der Waals surface area contributed by atoms with Crippen LogP contribution in [0.15, 0.2) is 42.0 Å². The summed E-state index contributed by atoms with van der Waals surface area (Å²) in [5, 5.41) is 48.6. The lowest BCUT2D eigenvalue weighted by atomic mass is 9.59. The molecule has 2 aliphatic carbocycles. The quantitative estimate of drug-likeness (QED) is 0.207. The number of benzene rings is 2. The lowest BCUT2D eigenvalue weighted by Crippen LogP contribution is -2.65. The van der Waals surface area contributed by atoms with Gasteiger partial charge in [-0.2, -0.15) is 0 Å². The van der Waals surface area contributed by atoms with Crippen LogP contribution in [0.2, 0.25) is 0 Å². The van der Waals surface area contributed by atoms with E-state index in [1.54, 1.807) is 19.0 Å². The summed E-state index contributed by atoms with van der Waals surface area (Å²) in [6.07, 6.45) is 0.284. The highest BCUT2D eigenvalue weighted by Gasteiger charge is 2.61. The van der Waals surface area contributed by atoms with Gasteiger partial charge in [0.05, 0.1) is 18.1 Å². The highest BCUT2D eigenvalue weighted by Crippen LogP contribution is 2.51. The lowest BCUT2D eigenvalue weighted by molar-refractivity contribution is -0.166. The number of nitrogens with two attached hydrogens (primary N) is 1. The number of aliphatic hydroxyl groups is 3. The second kappa shape index (κ2) is 12.5. The number of phenolic OH excluding ortho intramolecular Hbond substituents is 1. The highest BCUT2D eigenvalue weighted by molar-refractivity contribution is 6.24. The van der Waals surface area contributed by atoms with Crippen molar-refractivity contribution in [1.29, 1.82) is 0 Å². The van der Waals surface area contributed by atoms with Gasteiger partial charge < -0.3 is 41.3 Å². The average Bonchev–Trinajstić information content (AvgIpc) is 2.96. The molecule has 2 aromatic rings. The van der Waals surface area contributed by atoms with Crippen LogP contribution < -0.4 is 16.0 Å². The molecule has 0 saturated heterocycles. The van der Waals surface area contributed by atoms with Crippen molar-refractivity contribution in [1.82, 2.24) is 10.2 Å². The summed E-state index contributed by atoms with van der Waals surface area (Å²) < 4.78 is 0. The molecule has 1 fully saturated rings. The largest absolute Gasteiger partial charge is 0.507 e. The van der Waals surface area contributed by atoms with Crippen molar-refractivity contribution < 1.29 is 34.8 Å². The molecule has 4 rings (SSSR count). The molecule has 0 spiro atoms. The second-order valence-corrected chi connectivity index (χ2v) is 12.0. The minimum Gasteiger partial charge on any atom is -0.507 e. The van der Waals surface area contributed by atoms with Gasteiger partial charge in [-0.1, -0.05) is 30.3 Å². The van der Waals surface area contributed by atoms with Crippen molar-refractivity contribution in [2.45, 2.75) is 44.5 Å². The molecular formula is C32H42N4O7. The standard InChI is InChI=1S/C32H42N4O7/c1-17(31(33)42)29(40)32(43)22(24(16-37)36(4)5)12-19-11-21-23(35(2)3)13-20(15-34-14-18-9-7-6-8-10-18)27(38)26(21)28(39)25(19)30(32)41/h6-10,13,17,19,22,24,34,37-39,43H,11-12,14-16H2,1-5H3,(H2,33,42)/t17?,19-,22-,24+,32+/m0/s1. The maximum absolute atomic E-state index is 14.2. The van der Waals surface area contributed by atoms with Crippen LogP contribution >= 0.6 is 0 Å². The number of amides is 1. The Bertz CT molecular complexity index is 1440. The van der Waals surface area contributed by atoms with Crippen molar-refractivity contribution >= 4 is 28.9 Å². The number of likely N-dealkylation sites (N-methyl/N-ethyl adjacent to an activating group) is 1. The van der Waals surface area contributed by atoms with E-state index >= 15 is 0 Å².